The summed E-state index contributed by atoms with van der Waals surface area (Å²) in [7, 11) is -2.19. The van der Waals surface area contributed by atoms with Gasteiger partial charge >= 0.3 is 0 Å². The third-order valence-corrected chi connectivity index (χ3v) is 3.90. The standard InChI is InChI=1S/C13H16ClFN6O3S/c1-25(2,23)17-6-5-16-12-11(20-24-21-12)13(19-22)18-8-3-4-10(15)9(14)7-8/h3-4,7,22H,5-6H2,1-2H3,(H,16,21)(H,18,19). The van der Waals surface area contributed by atoms with Crippen molar-refractivity contribution in [3.05, 3.63) is 34.7 Å². The molecule has 0 fully saturated rings. The molecule has 0 saturated heterocycles. The first-order valence-corrected chi connectivity index (χ1v) is 9.65. The smallest absolute Gasteiger partial charge is 0.203 e. The van der Waals surface area contributed by atoms with Crippen LogP contribution in [0.3, 0.4) is 0 Å². The number of hydrogen-bond donors (Lipinski definition) is 3. The zero-order valence-corrected chi connectivity index (χ0v) is 14.9. The van der Waals surface area contributed by atoms with Gasteiger partial charge in [0, 0.05) is 34.5 Å². The van der Waals surface area contributed by atoms with Crippen LogP contribution in [-0.4, -0.2) is 51.2 Å². The molecule has 0 bridgehead atoms. The predicted molar refractivity (Wildman–Crippen MR) is 93.4 cm³/mol. The van der Waals surface area contributed by atoms with Gasteiger partial charge in [0.05, 0.1) is 11.6 Å². The van der Waals surface area contributed by atoms with E-state index in [1.807, 2.05) is 0 Å². The second kappa shape index (κ2) is 8.12. The normalized spacial score (nSPS) is 12.1. The largest absolute Gasteiger partial charge is 0.409 e. The molecule has 0 unspecified atom stereocenters. The van der Waals surface area contributed by atoms with Gasteiger partial charge in [0.15, 0.2) is 5.69 Å². The van der Waals surface area contributed by atoms with E-state index in [0.29, 0.717) is 12.2 Å². The van der Waals surface area contributed by atoms with Crippen LogP contribution in [0.1, 0.15) is 5.69 Å². The Bertz CT molecular complexity index is 886. The molecule has 3 N–H and O–H groups in total. The van der Waals surface area contributed by atoms with Gasteiger partial charge in [0.1, 0.15) is 5.82 Å². The van der Waals surface area contributed by atoms with E-state index in [1.165, 1.54) is 24.6 Å². The molecule has 1 aromatic heterocycles. The van der Waals surface area contributed by atoms with Gasteiger partial charge in [-0.1, -0.05) is 16.8 Å². The van der Waals surface area contributed by atoms with Crippen LogP contribution in [0.4, 0.5) is 15.9 Å². The zero-order chi connectivity index (χ0) is 18.4. The number of amidine groups is 1. The third-order valence-electron chi connectivity index (χ3n) is 2.80. The van der Waals surface area contributed by atoms with Crippen LogP contribution < -0.4 is 10.6 Å². The molecule has 1 heterocycles. The summed E-state index contributed by atoms with van der Waals surface area (Å²) in [6.07, 6.45) is 3.06. The number of anilines is 2. The van der Waals surface area contributed by atoms with Crippen LogP contribution in [0.2, 0.25) is 5.02 Å². The summed E-state index contributed by atoms with van der Waals surface area (Å²) in [4.78, 5) is 0. The first kappa shape index (κ1) is 18.9. The lowest BCUT2D eigenvalue weighted by Gasteiger charge is -2.08. The summed E-state index contributed by atoms with van der Waals surface area (Å²) in [5, 5.41) is 25.2. The first-order chi connectivity index (χ1) is 11.8. The molecule has 0 amide bonds. The average Bonchev–Trinajstić information content (AvgIpc) is 3.00. The van der Waals surface area contributed by atoms with Crippen molar-refractivity contribution in [2.75, 3.05) is 36.2 Å². The Hall–Kier alpha value is -2.40. The highest BCUT2D eigenvalue weighted by Gasteiger charge is 2.17. The SMILES string of the molecule is CS(C)(=O)=NCCNc1nonc1/C(=N/O)Nc1ccc(F)c(Cl)c1. The number of nitrogens with one attached hydrogen (secondary N) is 2. The van der Waals surface area contributed by atoms with Crippen LogP contribution in [0, 0.1) is 5.82 Å². The Kier molecular flexibility index (Phi) is 6.15. The quantitative estimate of drug-likeness (QED) is 0.227. The van der Waals surface area contributed by atoms with Gasteiger partial charge in [-0.05, 0) is 28.5 Å². The lowest BCUT2D eigenvalue weighted by Crippen LogP contribution is -2.17. The Morgan fingerprint density at radius 1 is 1.44 bits per heavy atom. The third kappa shape index (κ3) is 5.57. The fraction of sp³-hybridized carbons (Fsp3) is 0.308. The van der Waals surface area contributed by atoms with E-state index in [9.17, 15) is 13.8 Å². The molecule has 0 atom stereocenters. The Labute approximate surface area is 148 Å². The maximum Gasteiger partial charge on any atom is 0.203 e. The number of oxime groups is 1. The first-order valence-electron chi connectivity index (χ1n) is 6.94. The van der Waals surface area contributed by atoms with Crippen LogP contribution >= 0.6 is 11.6 Å². The number of hydrogen-bond acceptors (Lipinski definition) is 8. The summed E-state index contributed by atoms with van der Waals surface area (Å²) >= 11 is 5.71. The van der Waals surface area contributed by atoms with Crippen LogP contribution in [-0.2, 0) is 9.73 Å². The number of aromatic nitrogens is 2. The van der Waals surface area contributed by atoms with E-state index in [0.717, 1.165) is 6.07 Å². The van der Waals surface area contributed by atoms with Crippen molar-refractivity contribution in [3.63, 3.8) is 0 Å². The molecule has 0 radical (unpaired) electrons. The van der Waals surface area contributed by atoms with Crippen LogP contribution in [0.15, 0.2) is 32.3 Å². The number of benzene rings is 1. The average molecular weight is 391 g/mol. The highest BCUT2D eigenvalue weighted by molar-refractivity contribution is 7.92. The van der Waals surface area contributed by atoms with Crippen molar-refractivity contribution < 1.29 is 18.4 Å². The lowest BCUT2D eigenvalue weighted by atomic mass is 10.3. The van der Waals surface area contributed by atoms with E-state index in [4.69, 9.17) is 11.6 Å². The van der Waals surface area contributed by atoms with Gasteiger partial charge in [0.25, 0.3) is 0 Å². The Morgan fingerprint density at radius 2 is 2.20 bits per heavy atom. The minimum Gasteiger partial charge on any atom is -0.409 e. The number of nitrogens with zero attached hydrogens (tertiary/aromatic N) is 4. The second-order valence-electron chi connectivity index (χ2n) is 5.12. The zero-order valence-electron chi connectivity index (χ0n) is 13.4. The molecule has 12 heteroatoms. The maximum atomic E-state index is 13.2. The molecular weight excluding hydrogens is 375 g/mol. The molecule has 0 aliphatic carbocycles. The maximum absolute atomic E-state index is 13.2. The fourth-order valence-corrected chi connectivity index (χ4v) is 2.45. The molecule has 25 heavy (non-hydrogen) atoms. The fourth-order valence-electron chi connectivity index (χ4n) is 1.74. The second-order valence-corrected chi connectivity index (χ2v) is 8.15. The number of rotatable bonds is 6. The highest BCUT2D eigenvalue weighted by Crippen LogP contribution is 2.20. The van der Waals surface area contributed by atoms with Gasteiger partial charge in [-0.2, -0.15) is 0 Å². The van der Waals surface area contributed by atoms with E-state index in [2.05, 4.69) is 35.1 Å². The van der Waals surface area contributed by atoms with Crippen molar-refractivity contribution in [3.8, 4) is 0 Å². The molecule has 136 valence electrons. The summed E-state index contributed by atoms with van der Waals surface area (Å²) in [6.45, 7) is 0.603. The van der Waals surface area contributed by atoms with Crippen LogP contribution in [0.25, 0.3) is 0 Å². The Morgan fingerprint density at radius 3 is 2.84 bits per heavy atom. The Balaban J connectivity index is 2.10. The predicted octanol–water partition coefficient (Wildman–Crippen LogP) is 2.25. The van der Waals surface area contributed by atoms with E-state index in [1.54, 1.807) is 0 Å². The molecule has 0 aliphatic rings. The van der Waals surface area contributed by atoms with E-state index in [-0.39, 0.29) is 28.9 Å². The highest BCUT2D eigenvalue weighted by atomic mass is 35.5. The van der Waals surface area contributed by atoms with E-state index < -0.39 is 15.5 Å². The monoisotopic (exact) mass is 390 g/mol. The molecule has 0 saturated carbocycles. The number of halogens is 2. The van der Waals surface area contributed by atoms with Gasteiger partial charge in [0.2, 0.25) is 11.7 Å². The van der Waals surface area contributed by atoms with Crippen molar-refractivity contribution in [1.29, 1.82) is 0 Å². The molecule has 9 nitrogen and oxygen atoms in total. The molecular formula is C13H16ClFN6O3S. The molecule has 2 rings (SSSR count). The topological polar surface area (TPSA) is 125 Å². The molecule has 0 spiro atoms. The van der Waals surface area contributed by atoms with Gasteiger partial charge in [-0.3, -0.25) is 4.21 Å². The summed E-state index contributed by atoms with van der Waals surface area (Å²) < 4.78 is 33.3. The summed E-state index contributed by atoms with van der Waals surface area (Å²) in [5.41, 5.74) is 0.469. The summed E-state index contributed by atoms with van der Waals surface area (Å²) in [5.74, 6) is -0.465. The van der Waals surface area contributed by atoms with Crippen molar-refractivity contribution in [2.24, 2.45) is 9.52 Å². The van der Waals surface area contributed by atoms with Crippen molar-refractivity contribution >= 4 is 38.7 Å². The van der Waals surface area contributed by atoms with Crippen LogP contribution in [0.5, 0.6) is 0 Å². The molecule has 1 aromatic carbocycles. The van der Waals surface area contributed by atoms with Gasteiger partial charge in [-0.25, -0.2) is 13.4 Å². The van der Waals surface area contributed by atoms with Gasteiger partial charge in [-0.15, -0.1) is 0 Å². The summed E-state index contributed by atoms with van der Waals surface area (Å²) in [6, 6.07) is 3.89. The molecule has 2 aromatic rings. The lowest BCUT2D eigenvalue weighted by molar-refractivity contribution is 0.305. The van der Waals surface area contributed by atoms with E-state index >= 15 is 0 Å². The van der Waals surface area contributed by atoms with Gasteiger partial charge < -0.3 is 15.8 Å². The van der Waals surface area contributed by atoms with Crippen molar-refractivity contribution in [1.82, 2.24) is 10.3 Å². The minimum absolute atomic E-state index is 0.0851. The molecule has 0 aliphatic heterocycles. The van der Waals surface area contributed by atoms with Crippen molar-refractivity contribution in [2.45, 2.75) is 0 Å². The minimum atomic E-state index is -2.19.